The maximum atomic E-state index is 11.0. The van der Waals surface area contributed by atoms with Crippen LogP contribution in [0.15, 0.2) is 0 Å². The highest BCUT2D eigenvalue weighted by Crippen LogP contribution is 1.98. The highest BCUT2D eigenvalue weighted by atomic mass is 16.6. The van der Waals surface area contributed by atoms with Crippen molar-refractivity contribution in [2.45, 2.75) is 39.7 Å². The van der Waals surface area contributed by atoms with Crippen LogP contribution in [0.4, 0.5) is 0 Å². The van der Waals surface area contributed by atoms with Gasteiger partial charge < -0.3 is 14.6 Å². The van der Waals surface area contributed by atoms with E-state index in [0.717, 1.165) is 0 Å². The number of hydrogen-bond acceptors (Lipinski definition) is 5. The monoisotopic (exact) mass is 232 g/mol. The van der Waals surface area contributed by atoms with Crippen molar-refractivity contribution in [3.8, 4) is 0 Å². The predicted octanol–water partition coefficient (Wildman–Crippen LogP) is 0.890. The van der Waals surface area contributed by atoms with Gasteiger partial charge in [-0.05, 0) is 6.42 Å². The van der Waals surface area contributed by atoms with Gasteiger partial charge in [0.1, 0.15) is 19.3 Å². The predicted molar refractivity (Wildman–Crippen MR) is 57.7 cm³/mol. The molecule has 16 heavy (non-hydrogen) atoms. The molecule has 0 saturated carbocycles. The van der Waals surface area contributed by atoms with Gasteiger partial charge in [-0.3, -0.25) is 9.59 Å². The average Bonchev–Trinajstić information content (AvgIpc) is 2.23. The van der Waals surface area contributed by atoms with E-state index in [-0.39, 0.29) is 31.1 Å². The van der Waals surface area contributed by atoms with Crippen LogP contribution in [0, 0.1) is 5.92 Å². The fourth-order valence-corrected chi connectivity index (χ4v) is 0.859. The third kappa shape index (κ3) is 7.23. The van der Waals surface area contributed by atoms with Crippen molar-refractivity contribution in [1.29, 1.82) is 0 Å². The minimum atomic E-state index is -0.955. The summed E-state index contributed by atoms with van der Waals surface area (Å²) in [4.78, 5) is 22.0. The zero-order valence-electron chi connectivity index (χ0n) is 10.1. The van der Waals surface area contributed by atoms with E-state index in [0.29, 0.717) is 12.8 Å². The van der Waals surface area contributed by atoms with Crippen LogP contribution < -0.4 is 0 Å². The third-order valence-corrected chi connectivity index (χ3v) is 1.78. The molecule has 0 rings (SSSR count). The summed E-state index contributed by atoms with van der Waals surface area (Å²) in [5.74, 6) is -0.953. The first kappa shape index (κ1) is 14.9. The highest BCUT2D eigenvalue weighted by Gasteiger charge is 2.13. The molecule has 0 aromatic rings. The summed E-state index contributed by atoms with van der Waals surface area (Å²) in [5, 5.41) is 9.34. The van der Waals surface area contributed by atoms with Crippen molar-refractivity contribution in [2.75, 3.05) is 13.2 Å². The SMILES string of the molecule is CCCC(=O)OCC(O)COC(=O)C(C)C. The second-order valence-electron chi connectivity index (χ2n) is 3.87. The summed E-state index contributed by atoms with van der Waals surface area (Å²) in [6.45, 7) is 4.99. The maximum absolute atomic E-state index is 11.0. The summed E-state index contributed by atoms with van der Waals surface area (Å²) in [5.41, 5.74) is 0. The highest BCUT2D eigenvalue weighted by molar-refractivity contribution is 5.71. The first-order valence-corrected chi connectivity index (χ1v) is 5.47. The lowest BCUT2D eigenvalue weighted by Gasteiger charge is -2.12. The van der Waals surface area contributed by atoms with Crippen LogP contribution >= 0.6 is 0 Å². The number of hydrogen-bond donors (Lipinski definition) is 1. The lowest BCUT2D eigenvalue weighted by molar-refractivity contribution is -0.154. The Morgan fingerprint density at radius 2 is 1.75 bits per heavy atom. The van der Waals surface area contributed by atoms with Crippen molar-refractivity contribution >= 4 is 11.9 Å². The maximum Gasteiger partial charge on any atom is 0.308 e. The van der Waals surface area contributed by atoms with Crippen LogP contribution in [0.25, 0.3) is 0 Å². The molecule has 0 aromatic heterocycles. The molecule has 1 N–H and O–H groups in total. The molecule has 0 aromatic carbocycles. The summed E-state index contributed by atoms with van der Waals surface area (Å²) < 4.78 is 9.53. The molecule has 0 spiro atoms. The van der Waals surface area contributed by atoms with Gasteiger partial charge in [0.15, 0.2) is 0 Å². The summed E-state index contributed by atoms with van der Waals surface area (Å²) >= 11 is 0. The molecule has 0 amide bonds. The zero-order chi connectivity index (χ0) is 12.6. The second kappa shape index (κ2) is 8.10. The smallest absolute Gasteiger partial charge is 0.308 e. The Bertz CT molecular complexity index is 224. The van der Waals surface area contributed by atoms with Crippen molar-refractivity contribution in [3.05, 3.63) is 0 Å². The molecule has 94 valence electrons. The number of aliphatic hydroxyl groups is 1. The molecule has 5 nitrogen and oxygen atoms in total. The molecular formula is C11H20O5. The summed E-state index contributed by atoms with van der Waals surface area (Å²) in [6.07, 6.45) is 0.0824. The van der Waals surface area contributed by atoms with Gasteiger partial charge >= 0.3 is 11.9 Å². The molecule has 0 aliphatic carbocycles. The zero-order valence-corrected chi connectivity index (χ0v) is 10.1. The first-order chi connectivity index (χ1) is 7.47. The molecular weight excluding hydrogens is 212 g/mol. The van der Waals surface area contributed by atoms with E-state index in [1.165, 1.54) is 0 Å². The normalized spacial score (nSPS) is 12.3. The Kier molecular flexibility index (Phi) is 7.54. The minimum Gasteiger partial charge on any atom is -0.463 e. The Morgan fingerprint density at radius 1 is 1.19 bits per heavy atom. The molecule has 1 atom stereocenters. The Hall–Kier alpha value is -1.10. The Balaban J connectivity index is 3.62. The molecule has 0 saturated heterocycles. The van der Waals surface area contributed by atoms with Crippen LogP contribution in [0.5, 0.6) is 0 Å². The lowest BCUT2D eigenvalue weighted by Crippen LogP contribution is -2.26. The third-order valence-electron chi connectivity index (χ3n) is 1.78. The van der Waals surface area contributed by atoms with E-state index >= 15 is 0 Å². The number of carbonyl (C=O) groups excluding carboxylic acids is 2. The van der Waals surface area contributed by atoms with Gasteiger partial charge in [-0.15, -0.1) is 0 Å². The molecule has 0 fully saturated rings. The van der Waals surface area contributed by atoms with E-state index in [4.69, 9.17) is 9.47 Å². The average molecular weight is 232 g/mol. The van der Waals surface area contributed by atoms with Crippen molar-refractivity contribution < 1.29 is 24.2 Å². The molecule has 0 aliphatic heterocycles. The minimum absolute atomic E-state index is 0.135. The van der Waals surface area contributed by atoms with E-state index in [1.807, 2.05) is 6.92 Å². The van der Waals surface area contributed by atoms with Gasteiger partial charge in [0.05, 0.1) is 5.92 Å². The van der Waals surface area contributed by atoms with Crippen LogP contribution in [0.3, 0.4) is 0 Å². The molecule has 0 radical (unpaired) electrons. The van der Waals surface area contributed by atoms with Gasteiger partial charge in [-0.2, -0.15) is 0 Å². The Labute approximate surface area is 95.7 Å². The van der Waals surface area contributed by atoms with Crippen molar-refractivity contribution in [2.24, 2.45) is 5.92 Å². The molecule has 0 heterocycles. The van der Waals surface area contributed by atoms with Crippen molar-refractivity contribution in [3.63, 3.8) is 0 Å². The summed E-state index contributed by atoms with van der Waals surface area (Å²) in [7, 11) is 0. The number of ether oxygens (including phenoxy) is 2. The summed E-state index contributed by atoms with van der Waals surface area (Å²) in [6, 6.07) is 0. The van der Waals surface area contributed by atoms with E-state index in [1.54, 1.807) is 13.8 Å². The van der Waals surface area contributed by atoms with E-state index in [2.05, 4.69) is 0 Å². The van der Waals surface area contributed by atoms with Gasteiger partial charge in [-0.25, -0.2) is 0 Å². The van der Waals surface area contributed by atoms with Crippen LogP contribution in [-0.2, 0) is 19.1 Å². The van der Waals surface area contributed by atoms with Crippen LogP contribution in [0.2, 0.25) is 0 Å². The topological polar surface area (TPSA) is 72.8 Å². The molecule has 0 bridgehead atoms. The largest absolute Gasteiger partial charge is 0.463 e. The Morgan fingerprint density at radius 3 is 2.25 bits per heavy atom. The fraction of sp³-hybridized carbons (Fsp3) is 0.818. The number of esters is 2. The quantitative estimate of drug-likeness (QED) is 0.660. The van der Waals surface area contributed by atoms with Gasteiger partial charge in [0.2, 0.25) is 0 Å². The number of aliphatic hydroxyl groups excluding tert-OH is 1. The molecule has 1 unspecified atom stereocenters. The molecule has 5 heteroatoms. The standard InChI is InChI=1S/C11H20O5/c1-4-5-10(13)15-6-9(12)7-16-11(14)8(2)3/h8-9,12H,4-7H2,1-3H3. The molecule has 0 aliphatic rings. The number of rotatable bonds is 7. The van der Waals surface area contributed by atoms with Crippen LogP contribution in [-0.4, -0.2) is 36.4 Å². The van der Waals surface area contributed by atoms with Gasteiger partial charge in [0, 0.05) is 6.42 Å². The lowest BCUT2D eigenvalue weighted by atomic mass is 10.2. The van der Waals surface area contributed by atoms with E-state index in [9.17, 15) is 14.7 Å². The van der Waals surface area contributed by atoms with Crippen molar-refractivity contribution in [1.82, 2.24) is 0 Å². The van der Waals surface area contributed by atoms with Crippen LogP contribution in [0.1, 0.15) is 33.6 Å². The van der Waals surface area contributed by atoms with E-state index < -0.39 is 6.10 Å². The van der Waals surface area contributed by atoms with Gasteiger partial charge in [0.25, 0.3) is 0 Å². The fourth-order valence-electron chi connectivity index (χ4n) is 0.859. The van der Waals surface area contributed by atoms with Gasteiger partial charge in [-0.1, -0.05) is 20.8 Å². The first-order valence-electron chi connectivity index (χ1n) is 5.47. The second-order valence-corrected chi connectivity index (χ2v) is 3.87. The number of carbonyl (C=O) groups is 2.